The Kier molecular flexibility index (Phi) is 2.45. The number of hydrogen-bond acceptors (Lipinski definition) is 3. The Morgan fingerprint density at radius 3 is 2.69 bits per heavy atom. The third-order valence-corrected chi connectivity index (χ3v) is 1.37. The van der Waals surface area contributed by atoms with Gasteiger partial charge in [0.2, 0.25) is 0 Å². The van der Waals surface area contributed by atoms with Crippen LogP contribution in [0.5, 0.6) is 0 Å². The number of nitrogens with one attached hydrogen (secondary N) is 1. The molecular weight excluding hydrogens is 184 g/mol. The first-order valence-electron chi connectivity index (χ1n) is 3.38. The molecule has 1 rings (SSSR count). The molecule has 0 saturated carbocycles. The second-order valence-corrected chi connectivity index (χ2v) is 2.39. The Hall–Kier alpha value is -1.66. The number of halogens is 2. The highest BCUT2D eigenvalue weighted by Crippen LogP contribution is 1.96. The van der Waals surface area contributed by atoms with Crippen molar-refractivity contribution >= 4 is 5.69 Å². The van der Waals surface area contributed by atoms with E-state index in [2.05, 4.69) is 0 Å². The van der Waals surface area contributed by atoms with E-state index < -0.39 is 24.2 Å². The number of alkyl halides is 2. The van der Waals surface area contributed by atoms with Crippen molar-refractivity contribution < 1.29 is 8.78 Å². The molecule has 5 nitrogen and oxygen atoms in total. The highest BCUT2D eigenvalue weighted by molar-refractivity contribution is 5.30. The van der Waals surface area contributed by atoms with Crippen LogP contribution in [0.25, 0.3) is 0 Å². The lowest BCUT2D eigenvalue weighted by Crippen LogP contribution is -2.32. The van der Waals surface area contributed by atoms with Crippen LogP contribution in [0.1, 0.15) is 0 Å². The third kappa shape index (κ3) is 2.14. The molecule has 0 fully saturated rings. The van der Waals surface area contributed by atoms with Crippen LogP contribution >= 0.6 is 0 Å². The zero-order valence-electron chi connectivity index (χ0n) is 6.46. The molecule has 0 aliphatic heterocycles. The minimum Gasteiger partial charge on any atom is -0.393 e. The van der Waals surface area contributed by atoms with E-state index in [9.17, 15) is 18.4 Å². The van der Waals surface area contributed by atoms with Gasteiger partial charge in [0.1, 0.15) is 5.69 Å². The number of anilines is 1. The minimum atomic E-state index is -2.66. The average Bonchev–Trinajstić information content (AvgIpc) is 1.99. The van der Waals surface area contributed by atoms with Gasteiger partial charge in [0.05, 0.1) is 6.54 Å². The Morgan fingerprint density at radius 2 is 2.15 bits per heavy atom. The Labute approximate surface area is 70.8 Å². The first-order chi connectivity index (χ1) is 6.00. The molecule has 0 aliphatic rings. The van der Waals surface area contributed by atoms with Crippen LogP contribution in [-0.4, -0.2) is 16.0 Å². The maximum Gasteiger partial charge on any atom is 0.328 e. The number of H-pyrrole nitrogens is 1. The summed E-state index contributed by atoms with van der Waals surface area (Å²) in [5, 5.41) is 0. The van der Waals surface area contributed by atoms with Crippen molar-refractivity contribution in [1.82, 2.24) is 9.55 Å². The highest BCUT2D eigenvalue weighted by Gasteiger charge is 2.07. The van der Waals surface area contributed by atoms with E-state index in [0.29, 0.717) is 4.57 Å². The predicted octanol–water partition coefficient (Wildman–Crippen LogP) is -0.616. The molecule has 7 heteroatoms. The van der Waals surface area contributed by atoms with Crippen molar-refractivity contribution in [3.05, 3.63) is 27.0 Å². The summed E-state index contributed by atoms with van der Waals surface area (Å²) in [5.41, 5.74) is 3.20. The molecule has 72 valence electrons. The van der Waals surface area contributed by atoms with Gasteiger partial charge in [0.25, 0.3) is 12.0 Å². The lowest BCUT2D eigenvalue weighted by molar-refractivity contribution is 0.124. The quantitative estimate of drug-likeness (QED) is 0.653. The van der Waals surface area contributed by atoms with Gasteiger partial charge >= 0.3 is 5.69 Å². The summed E-state index contributed by atoms with van der Waals surface area (Å²) >= 11 is 0. The van der Waals surface area contributed by atoms with E-state index >= 15 is 0 Å². The molecule has 0 bridgehead atoms. The lowest BCUT2D eigenvalue weighted by atomic mass is 10.5. The van der Waals surface area contributed by atoms with Crippen molar-refractivity contribution in [3.8, 4) is 0 Å². The van der Waals surface area contributed by atoms with Crippen LogP contribution in [0.2, 0.25) is 0 Å². The average molecular weight is 191 g/mol. The van der Waals surface area contributed by atoms with Gasteiger partial charge in [-0.2, -0.15) is 0 Å². The topological polar surface area (TPSA) is 80.9 Å². The van der Waals surface area contributed by atoms with Crippen LogP contribution in [0.4, 0.5) is 14.5 Å². The molecule has 0 amide bonds. The number of nitrogen functional groups attached to an aromatic ring is 1. The summed E-state index contributed by atoms with van der Waals surface area (Å²) in [6, 6.07) is 0. The second kappa shape index (κ2) is 3.38. The van der Waals surface area contributed by atoms with E-state index in [1.165, 1.54) is 0 Å². The van der Waals surface area contributed by atoms with Crippen molar-refractivity contribution in [2.45, 2.75) is 13.0 Å². The molecular formula is C6H7F2N3O2. The van der Waals surface area contributed by atoms with Gasteiger partial charge in [-0.05, 0) is 0 Å². The third-order valence-electron chi connectivity index (χ3n) is 1.37. The molecule has 0 unspecified atom stereocenters. The largest absolute Gasteiger partial charge is 0.393 e. The zero-order chi connectivity index (χ0) is 10.0. The summed E-state index contributed by atoms with van der Waals surface area (Å²) in [6.07, 6.45) is -1.77. The number of nitrogens with zero attached hydrogens (tertiary/aromatic N) is 1. The first kappa shape index (κ1) is 9.43. The van der Waals surface area contributed by atoms with E-state index in [0.717, 1.165) is 6.20 Å². The van der Waals surface area contributed by atoms with Crippen molar-refractivity contribution in [2.75, 3.05) is 5.73 Å². The van der Waals surface area contributed by atoms with Crippen LogP contribution in [0.3, 0.4) is 0 Å². The maximum absolute atomic E-state index is 11.8. The SMILES string of the molecule is Nc1cn(CC(F)F)c(=O)[nH]c1=O. The lowest BCUT2D eigenvalue weighted by Gasteiger charge is -2.03. The van der Waals surface area contributed by atoms with Gasteiger partial charge in [0.15, 0.2) is 0 Å². The van der Waals surface area contributed by atoms with Crippen molar-refractivity contribution in [2.24, 2.45) is 0 Å². The van der Waals surface area contributed by atoms with Crippen LogP contribution < -0.4 is 17.0 Å². The summed E-state index contributed by atoms with van der Waals surface area (Å²) in [7, 11) is 0. The molecule has 0 radical (unpaired) electrons. The molecule has 0 saturated heterocycles. The summed E-state index contributed by atoms with van der Waals surface area (Å²) in [4.78, 5) is 23.3. The number of aromatic nitrogens is 2. The molecule has 1 aromatic rings. The molecule has 3 N–H and O–H groups in total. The van der Waals surface area contributed by atoms with Crippen LogP contribution in [-0.2, 0) is 6.54 Å². The van der Waals surface area contributed by atoms with Gasteiger partial charge in [-0.3, -0.25) is 14.3 Å². The molecule has 1 heterocycles. The first-order valence-corrected chi connectivity index (χ1v) is 3.38. The summed E-state index contributed by atoms with van der Waals surface area (Å²) in [6.45, 7) is -0.778. The number of nitrogens with two attached hydrogens (primary N) is 1. The minimum absolute atomic E-state index is 0.264. The van der Waals surface area contributed by atoms with Gasteiger partial charge in [-0.15, -0.1) is 0 Å². The summed E-state index contributed by atoms with van der Waals surface area (Å²) < 4.78 is 24.3. The van der Waals surface area contributed by atoms with Crippen molar-refractivity contribution in [3.63, 3.8) is 0 Å². The Bertz CT molecular complexity index is 409. The fraction of sp³-hybridized carbons (Fsp3) is 0.333. The van der Waals surface area contributed by atoms with Gasteiger partial charge in [-0.1, -0.05) is 0 Å². The maximum atomic E-state index is 11.8. The van der Waals surface area contributed by atoms with E-state index in [4.69, 9.17) is 5.73 Å². The van der Waals surface area contributed by atoms with E-state index in [1.807, 2.05) is 0 Å². The van der Waals surface area contributed by atoms with Gasteiger partial charge < -0.3 is 5.73 Å². The highest BCUT2D eigenvalue weighted by atomic mass is 19.3. The predicted molar refractivity (Wildman–Crippen MR) is 41.7 cm³/mol. The second-order valence-electron chi connectivity index (χ2n) is 2.39. The molecule has 13 heavy (non-hydrogen) atoms. The molecule has 0 aromatic carbocycles. The number of hydrogen-bond donors (Lipinski definition) is 2. The van der Waals surface area contributed by atoms with Gasteiger partial charge in [-0.25, -0.2) is 13.6 Å². The van der Waals surface area contributed by atoms with Gasteiger partial charge in [0, 0.05) is 6.20 Å². The Morgan fingerprint density at radius 1 is 1.54 bits per heavy atom. The molecule has 0 aliphatic carbocycles. The standard InChI is InChI=1S/C6H7F2N3O2/c7-4(8)2-11-1-3(9)5(12)10-6(11)13/h1,4H,2,9H2,(H,10,12,13). The Balaban J connectivity index is 3.17. The van der Waals surface area contributed by atoms with E-state index in [1.54, 1.807) is 4.98 Å². The molecule has 0 spiro atoms. The fourth-order valence-corrected chi connectivity index (χ4v) is 0.811. The van der Waals surface area contributed by atoms with E-state index in [-0.39, 0.29) is 5.69 Å². The number of rotatable bonds is 2. The monoisotopic (exact) mass is 191 g/mol. The normalized spacial score (nSPS) is 10.7. The van der Waals surface area contributed by atoms with Crippen molar-refractivity contribution in [1.29, 1.82) is 0 Å². The summed E-state index contributed by atoms with van der Waals surface area (Å²) in [5.74, 6) is 0. The molecule has 1 aromatic heterocycles. The van der Waals surface area contributed by atoms with Crippen LogP contribution in [0.15, 0.2) is 15.8 Å². The smallest absolute Gasteiger partial charge is 0.328 e. The zero-order valence-corrected chi connectivity index (χ0v) is 6.46. The molecule has 0 atom stereocenters. The van der Waals surface area contributed by atoms with Crippen LogP contribution in [0, 0.1) is 0 Å². The number of aromatic amines is 1. The fourth-order valence-electron chi connectivity index (χ4n) is 0.811.